The van der Waals surface area contributed by atoms with Gasteiger partial charge in [0.2, 0.25) is 0 Å². The third-order valence-electron chi connectivity index (χ3n) is 3.45. The van der Waals surface area contributed by atoms with Crippen molar-refractivity contribution in [3.63, 3.8) is 0 Å². The Kier molecular flexibility index (Phi) is 5.31. The van der Waals surface area contributed by atoms with Gasteiger partial charge in [0.1, 0.15) is 0 Å². The number of carbonyl (C=O) groups is 1. The Labute approximate surface area is 130 Å². The van der Waals surface area contributed by atoms with Crippen LogP contribution in [0.2, 0.25) is 0 Å². The van der Waals surface area contributed by atoms with Gasteiger partial charge in [0.15, 0.2) is 0 Å². The van der Waals surface area contributed by atoms with Crippen LogP contribution < -0.4 is 5.56 Å². The van der Waals surface area contributed by atoms with Crippen LogP contribution in [-0.2, 0) is 7.05 Å². The van der Waals surface area contributed by atoms with Crippen LogP contribution in [0.4, 0.5) is 0 Å². The van der Waals surface area contributed by atoms with Crippen molar-refractivity contribution in [2.24, 2.45) is 7.05 Å². The molecule has 1 heterocycles. The molecule has 2 aromatic rings. The van der Waals surface area contributed by atoms with Crippen molar-refractivity contribution in [3.8, 4) is 0 Å². The average molecular weight is 296 g/mol. The molecule has 0 spiro atoms. The maximum atomic E-state index is 12.2. The van der Waals surface area contributed by atoms with Crippen LogP contribution in [0.15, 0.2) is 59.5 Å². The molecule has 1 aromatic carbocycles. The SMILES string of the molecule is CN(CCC=Cc1cccn(C)c1=O)C(=O)c1ccccc1. The van der Waals surface area contributed by atoms with Crippen molar-refractivity contribution in [2.45, 2.75) is 6.42 Å². The zero-order valence-corrected chi connectivity index (χ0v) is 12.9. The van der Waals surface area contributed by atoms with Crippen molar-refractivity contribution in [1.29, 1.82) is 0 Å². The normalized spacial score (nSPS) is 10.8. The maximum absolute atomic E-state index is 12.2. The molecule has 0 aliphatic heterocycles. The smallest absolute Gasteiger partial charge is 0.257 e. The molecule has 22 heavy (non-hydrogen) atoms. The highest BCUT2D eigenvalue weighted by atomic mass is 16.2. The van der Waals surface area contributed by atoms with Crippen molar-refractivity contribution < 1.29 is 4.79 Å². The van der Waals surface area contributed by atoms with E-state index in [2.05, 4.69) is 0 Å². The molecule has 0 bridgehead atoms. The lowest BCUT2D eigenvalue weighted by Crippen LogP contribution is -2.27. The Bertz CT molecular complexity index is 717. The highest BCUT2D eigenvalue weighted by Crippen LogP contribution is 2.04. The summed E-state index contributed by atoms with van der Waals surface area (Å²) in [6.07, 6.45) is 6.16. The molecule has 0 aliphatic rings. The number of pyridine rings is 1. The van der Waals surface area contributed by atoms with Crippen LogP contribution >= 0.6 is 0 Å². The molecule has 4 heteroatoms. The minimum atomic E-state index is -0.0209. The van der Waals surface area contributed by atoms with Crippen LogP contribution in [0.1, 0.15) is 22.3 Å². The second-order valence-electron chi connectivity index (χ2n) is 5.16. The summed E-state index contributed by atoms with van der Waals surface area (Å²) in [7, 11) is 3.51. The van der Waals surface area contributed by atoms with Gasteiger partial charge < -0.3 is 9.47 Å². The first-order chi connectivity index (χ1) is 10.6. The fourth-order valence-corrected chi connectivity index (χ4v) is 2.13. The first kappa shape index (κ1) is 15.8. The van der Waals surface area contributed by atoms with Gasteiger partial charge in [0.25, 0.3) is 11.5 Å². The van der Waals surface area contributed by atoms with Gasteiger partial charge >= 0.3 is 0 Å². The summed E-state index contributed by atoms with van der Waals surface area (Å²) < 4.78 is 1.55. The number of rotatable bonds is 5. The molecule has 1 aromatic heterocycles. The molecule has 0 N–H and O–H groups in total. The Morgan fingerprint density at radius 3 is 2.64 bits per heavy atom. The van der Waals surface area contributed by atoms with Gasteiger partial charge in [-0.25, -0.2) is 0 Å². The second-order valence-corrected chi connectivity index (χ2v) is 5.16. The van der Waals surface area contributed by atoms with E-state index < -0.39 is 0 Å². The summed E-state index contributed by atoms with van der Waals surface area (Å²) in [4.78, 5) is 25.7. The molecule has 0 atom stereocenters. The highest BCUT2D eigenvalue weighted by Gasteiger charge is 2.09. The van der Waals surface area contributed by atoms with Crippen LogP contribution in [0, 0.1) is 0 Å². The van der Waals surface area contributed by atoms with Crippen LogP contribution in [0.5, 0.6) is 0 Å². The summed E-state index contributed by atoms with van der Waals surface area (Å²) in [5.74, 6) is 0.00428. The van der Waals surface area contributed by atoms with E-state index in [0.717, 1.165) is 0 Å². The predicted octanol–water partition coefficient (Wildman–Crippen LogP) is 2.56. The third-order valence-corrected chi connectivity index (χ3v) is 3.45. The van der Waals surface area contributed by atoms with Crippen LogP contribution in [0.3, 0.4) is 0 Å². The summed E-state index contributed by atoms with van der Waals surface area (Å²) in [5.41, 5.74) is 1.32. The molecule has 2 rings (SSSR count). The molecule has 1 amide bonds. The average Bonchev–Trinajstić information content (AvgIpc) is 2.55. The van der Waals surface area contributed by atoms with Gasteiger partial charge in [-0.15, -0.1) is 0 Å². The largest absolute Gasteiger partial charge is 0.341 e. The van der Waals surface area contributed by atoms with Gasteiger partial charge in [-0.05, 0) is 30.7 Å². The number of aromatic nitrogens is 1. The van der Waals surface area contributed by atoms with E-state index in [1.807, 2.05) is 48.6 Å². The molecule has 0 aliphatic carbocycles. The Hall–Kier alpha value is -2.62. The lowest BCUT2D eigenvalue weighted by Gasteiger charge is -2.16. The maximum Gasteiger partial charge on any atom is 0.257 e. The summed E-state index contributed by atoms with van der Waals surface area (Å²) in [5, 5.41) is 0. The number of aryl methyl sites for hydroxylation is 1. The molecule has 114 valence electrons. The van der Waals surface area contributed by atoms with Crippen molar-refractivity contribution >= 4 is 12.0 Å². The van der Waals surface area contributed by atoms with Gasteiger partial charge in [0, 0.05) is 38.0 Å². The fourth-order valence-electron chi connectivity index (χ4n) is 2.13. The number of carbonyl (C=O) groups excluding carboxylic acids is 1. The molecule has 0 unspecified atom stereocenters. The van der Waals surface area contributed by atoms with Crippen LogP contribution in [0.25, 0.3) is 6.08 Å². The molecular formula is C18H20N2O2. The van der Waals surface area contributed by atoms with Crippen molar-refractivity contribution in [2.75, 3.05) is 13.6 Å². The lowest BCUT2D eigenvalue weighted by atomic mass is 10.2. The molecule has 0 saturated carbocycles. The minimum absolute atomic E-state index is 0.00428. The standard InChI is InChI=1S/C18H20N2O2/c1-19(17(21)15-9-4-3-5-10-15)13-7-6-11-16-12-8-14-20(2)18(16)22/h3-6,8-12,14H,7,13H2,1-2H3. The monoisotopic (exact) mass is 296 g/mol. The fraction of sp³-hybridized carbons (Fsp3) is 0.222. The first-order valence-corrected chi connectivity index (χ1v) is 7.22. The van der Waals surface area contributed by atoms with E-state index in [-0.39, 0.29) is 11.5 Å². The third kappa shape index (κ3) is 3.95. The quantitative estimate of drug-likeness (QED) is 0.851. The minimum Gasteiger partial charge on any atom is -0.341 e. The summed E-state index contributed by atoms with van der Waals surface area (Å²) in [6.45, 7) is 0.609. The Morgan fingerprint density at radius 2 is 1.91 bits per heavy atom. The highest BCUT2D eigenvalue weighted by molar-refractivity contribution is 5.93. The number of hydrogen-bond acceptors (Lipinski definition) is 2. The first-order valence-electron chi connectivity index (χ1n) is 7.22. The topological polar surface area (TPSA) is 42.3 Å². The second kappa shape index (κ2) is 7.41. The van der Waals surface area contributed by atoms with E-state index in [4.69, 9.17) is 0 Å². The molecule has 0 radical (unpaired) electrons. The van der Waals surface area contributed by atoms with Gasteiger partial charge in [-0.3, -0.25) is 9.59 Å². The molecule has 4 nitrogen and oxygen atoms in total. The zero-order chi connectivity index (χ0) is 15.9. The summed E-state index contributed by atoms with van der Waals surface area (Å²) in [6, 6.07) is 12.8. The Balaban J connectivity index is 1.91. The van der Waals surface area contributed by atoms with Gasteiger partial charge in [-0.1, -0.05) is 30.4 Å². The van der Waals surface area contributed by atoms with E-state index >= 15 is 0 Å². The van der Waals surface area contributed by atoms with Crippen molar-refractivity contribution in [1.82, 2.24) is 9.47 Å². The van der Waals surface area contributed by atoms with E-state index in [1.54, 1.807) is 35.8 Å². The van der Waals surface area contributed by atoms with E-state index in [1.165, 1.54) is 0 Å². The molecule has 0 saturated heterocycles. The number of nitrogens with zero attached hydrogens (tertiary/aromatic N) is 2. The number of benzene rings is 1. The van der Waals surface area contributed by atoms with Crippen LogP contribution in [-0.4, -0.2) is 29.0 Å². The van der Waals surface area contributed by atoms with E-state index in [0.29, 0.717) is 24.1 Å². The Morgan fingerprint density at radius 1 is 1.18 bits per heavy atom. The predicted molar refractivity (Wildman–Crippen MR) is 88.7 cm³/mol. The van der Waals surface area contributed by atoms with E-state index in [9.17, 15) is 9.59 Å². The summed E-state index contributed by atoms with van der Waals surface area (Å²) >= 11 is 0. The number of amides is 1. The van der Waals surface area contributed by atoms with Crippen molar-refractivity contribution in [3.05, 3.63) is 76.2 Å². The molecular weight excluding hydrogens is 276 g/mol. The van der Waals surface area contributed by atoms with Gasteiger partial charge in [0.05, 0.1) is 0 Å². The van der Waals surface area contributed by atoms with Gasteiger partial charge in [-0.2, -0.15) is 0 Å². The zero-order valence-electron chi connectivity index (χ0n) is 12.9. The number of hydrogen-bond donors (Lipinski definition) is 0. The lowest BCUT2D eigenvalue weighted by molar-refractivity contribution is 0.0797. The molecule has 0 fully saturated rings.